The van der Waals surface area contributed by atoms with Crippen LogP contribution in [0.1, 0.15) is 28.3 Å². The van der Waals surface area contributed by atoms with Gasteiger partial charge in [0.15, 0.2) is 0 Å². The summed E-state index contributed by atoms with van der Waals surface area (Å²) in [5.74, 6) is 0. The quantitative estimate of drug-likeness (QED) is 0.841. The first-order valence-electron chi connectivity index (χ1n) is 6.24. The Morgan fingerprint density at radius 1 is 1.16 bits per heavy atom. The van der Waals surface area contributed by atoms with E-state index in [1.54, 1.807) is 0 Å². The molecule has 1 unspecified atom stereocenters. The molecule has 2 N–H and O–H groups in total. The van der Waals surface area contributed by atoms with Gasteiger partial charge in [-0.1, -0.05) is 45.7 Å². The molecule has 19 heavy (non-hydrogen) atoms. The lowest BCUT2D eigenvalue weighted by molar-refractivity contribution is 0.715. The summed E-state index contributed by atoms with van der Waals surface area (Å²) in [7, 11) is 0. The Kier molecular flexibility index (Phi) is 4.67. The third kappa shape index (κ3) is 3.59. The third-order valence-electron chi connectivity index (χ3n) is 3.29. The predicted molar refractivity (Wildman–Crippen MR) is 85.7 cm³/mol. The molecular formula is C16H17BrClN. The molecule has 0 fully saturated rings. The summed E-state index contributed by atoms with van der Waals surface area (Å²) in [5.41, 5.74) is 11.1. The van der Waals surface area contributed by atoms with E-state index in [-0.39, 0.29) is 6.04 Å². The molecule has 0 radical (unpaired) electrons. The van der Waals surface area contributed by atoms with Crippen LogP contribution in [0.25, 0.3) is 0 Å². The van der Waals surface area contributed by atoms with E-state index in [1.165, 1.54) is 22.3 Å². The van der Waals surface area contributed by atoms with Crippen molar-refractivity contribution in [2.45, 2.75) is 26.3 Å². The smallest absolute Gasteiger partial charge is 0.0408 e. The molecule has 0 amide bonds. The van der Waals surface area contributed by atoms with Gasteiger partial charge >= 0.3 is 0 Å². The van der Waals surface area contributed by atoms with Gasteiger partial charge in [0, 0.05) is 15.5 Å². The summed E-state index contributed by atoms with van der Waals surface area (Å²) in [6.07, 6.45) is 0.794. The minimum Gasteiger partial charge on any atom is -0.324 e. The molecule has 2 aromatic rings. The van der Waals surface area contributed by atoms with E-state index in [0.29, 0.717) is 0 Å². The van der Waals surface area contributed by atoms with E-state index < -0.39 is 0 Å². The Labute approximate surface area is 127 Å². The predicted octanol–water partition coefficient (Wildman–Crippen LogP) is 4.96. The molecule has 0 aromatic heterocycles. The molecule has 0 heterocycles. The minimum absolute atomic E-state index is 0.00901. The first-order chi connectivity index (χ1) is 8.97. The summed E-state index contributed by atoms with van der Waals surface area (Å²) in [5, 5.41) is 0.758. The lowest BCUT2D eigenvalue weighted by Gasteiger charge is -2.16. The average Bonchev–Trinajstić information content (AvgIpc) is 2.33. The van der Waals surface area contributed by atoms with Crippen LogP contribution < -0.4 is 5.73 Å². The molecule has 1 nitrogen and oxygen atoms in total. The molecule has 2 aromatic carbocycles. The van der Waals surface area contributed by atoms with Gasteiger partial charge in [0.2, 0.25) is 0 Å². The fraction of sp³-hybridized carbons (Fsp3) is 0.250. The van der Waals surface area contributed by atoms with Crippen LogP contribution in [0.15, 0.2) is 40.9 Å². The lowest BCUT2D eigenvalue weighted by atomic mass is 9.95. The van der Waals surface area contributed by atoms with Gasteiger partial charge in [-0.15, -0.1) is 0 Å². The molecule has 0 aliphatic carbocycles. The van der Waals surface area contributed by atoms with E-state index in [2.05, 4.69) is 48.0 Å². The Balaban J connectivity index is 2.25. The van der Waals surface area contributed by atoms with Gasteiger partial charge in [-0.25, -0.2) is 0 Å². The number of halogens is 2. The zero-order valence-electron chi connectivity index (χ0n) is 11.1. The van der Waals surface area contributed by atoms with Gasteiger partial charge in [0.25, 0.3) is 0 Å². The molecular weight excluding hydrogens is 322 g/mol. The molecule has 0 bridgehead atoms. The Bertz CT molecular complexity index is 595. The highest BCUT2D eigenvalue weighted by Gasteiger charge is 2.12. The molecule has 3 heteroatoms. The van der Waals surface area contributed by atoms with Gasteiger partial charge in [0.05, 0.1) is 0 Å². The zero-order valence-corrected chi connectivity index (χ0v) is 13.4. The van der Waals surface area contributed by atoms with Crippen LogP contribution >= 0.6 is 27.5 Å². The van der Waals surface area contributed by atoms with Crippen molar-refractivity contribution in [1.29, 1.82) is 0 Å². The standard InChI is InChI=1S/C16H17BrClN/c1-10-7-15(17)11(2)6-14(10)16(19)9-12-4-3-5-13(18)8-12/h3-8,16H,9,19H2,1-2H3. The average molecular weight is 339 g/mol. The van der Waals surface area contributed by atoms with Crippen LogP contribution in [0.2, 0.25) is 5.02 Å². The maximum absolute atomic E-state index is 6.34. The first-order valence-corrected chi connectivity index (χ1v) is 7.41. The summed E-state index contributed by atoms with van der Waals surface area (Å²) in [6, 6.07) is 12.2. The highest BCUT2D eigenvalue weighted by Crippen LogP contribution is 2.26. The molecule has 1 atom stereocenters. The van der Waals surface area contributed by atoms with Crippen LogP contribution in [0.4, 0.5) is 0 Å². The highest BCUT2D eigenvalue weighted by atomic mass is 79.9. The zero-order chi connectivity index (χ0) is 14.0. The van der Waals surface area contributed by atoms with Crippen molar-refractivity contribution < 1.29 is 0 Å². The highest BCUT2D eigenvalue weighted by molar-refractivity contribution is 9.10. The monoisotopic (exact) mass is 337 g/mol. The van der Waals surface area contributed by atoms with Crippen LogP contribution in [-0.4, -0.2) is 0 Å². The molecule has 0 aliphatic heterocycles. The Morgan fingerprint density at radius 3 is 2.58 bits per heavy atom. The lowest BCUT2D eigenvalue weighted by Crippen LogP contribution is -2.15. The second-order valence-electron chi connectivity index (χ2n) is 4.90. The number of aryl methyl sites for hydroxylation is 2. The van der Waals surface area contributed by atoms with Gasteiger partial charge in [-0.2, -0.15) is 0 Å². The Hall–Kier alpha value is -0.830. The SMILES string of the molecule is Cc1cc(C(N)Cc2cccc(Cl)c2)c(C)cc1Br. The number of nitrogens with two attached hydrogens (primary N) is 1. The number of rotatable bonds is 3. The molecule has 100 valence electrons. The maximum atomic E-state index is 6.34. The van der Waals surface area contributed by atoms with Crippen molar-refractivity contribution in [3.8, 4) is 0 Å². The fourth-order valence-corrected chi connectivity index (χ4v) is 2.90. The summed E-state index contributed by atoms with van der Waals surface area (Å²) in [6.45, 7) is 4.18. The van der Waals surface area contributed by atoms with E-state index in [0.717, 1.165) is 15.9 Å². The maximum Gasteiger partial charge on any atom is 0.0408 e. The van der Waals surface area contributed by atoms with Crippen LogP contribution in [0.3, 0.4) is 0 Å². The molecule has 0 aliphatic rings. The summed E-state index contributed by atoms with van der Waals surface area (Å²) >= 11 is 9.55. The molecule has 2 rings (SSSR count). The van der Waals surface area contributed by atoms with E-state index >= 15 is 0 Å². The topological polar surface area (TPSA) is 26.0 Å². The second-order valence-corrected chi connectivity index (χ2v) is 6.19. The summed E-state index contributed by atoms with van der Waals surface area (Å²) in [4.78, 5) is 0. The fourth-order valence-electron chi connectivity index (χ4n) is 2.23. The van der Waals surface area contributed by atoms with Crippen LogP contribution in [0, 0.1) is 13.8 Å². The van der Waals surface area contributed by atoms with Crippen molar-refractivity contribution in [3.05, 3.63) is 68.1 Å². The van der Waals surface area contributed by atoms with Crippen LogP contribution in [-0.2, 0) is 6.42 Å². The second kappa shape index (κ2) is 6.08. The van der Waals surface area contributed by atoms with Crippen molar-refractivity contribution in [2.24, 2.45) is 5.73 Å². The van der Waals surface area contributed by atoms with E-state index in [4.69, 9.17) is 17.3 Å². The van der Waals surface area contributed by atoms with Gasteiger partial charge in [0.1, 0.15) is 0 Å². The molecule has 0 saturated heterocycles. The first kappa shape index (κ1) is 14.6. The van der Waals surface area contributed by atoms with Crippen molar-refractivity contribution in [1.82, 2.24) is 0 Å². The van der Waals surface area contributed by atoms with E-state index in [1.807, 2.05) is 18.2 Å². The van der Waals surface area contributed by atoms with Crippen molar-refractivity contribution >= 4 is 27.5 Å². The largest absolute Gasteiger partial charge is 0.324 e. The van der Waals surface area contributed by atoms with Gasteiger partial charge in [-0.05, 0) is 60.7 Å². The number of hydrogen-bond donors (Lipinski definition) is 1. The van der Waals surface area contributed by atoms with Crippen molar-refractivity contribution in [3.63, 3.8) is 0 Å². The van der Waals surface area contributed by atoms with Crippen LogP contribution in [0.5, 0.6) is 0 Å². The molecule has 0 spiro atoms. The third-order valence-corrected chi connectivity index (χ3v) is 4.38. The number of benzene rings is 2. The summed E-state index contributed by atoms with van der Waals surface area (Å²) < 4.78 is 1.13. The van der Waals surface area contributed by atoms with E-state index in [9.17, 15) is 0 Å². The normalized spacial score (nSPS) is 12.5. The Morgan fingerprint density at radius 2 is 1.89 bits per heavy atom. The van der Waals surface area contributed by atoms with Crippen molar-refractivity contribution in [2.75, 3.05) is 0 Å². The van der Waals surface area contributed by atoms with Gasteiger partial charge < -0.3 is 5.73 Å². The van der Waals surface area contributed by atoms with Gasteiger partial charge in [-0.3, -0.25) is 0 Å². The minimum atomic E-state index is -0.00901. The number of hydrogen-bond acceptors (Lipinski definition) is 1. The molecule has 0 saturated carbocycles.